The molecule has 0 amide bonds. The van der Waals surface area contributed by atoms with E-state index < -0.39 is 6.10 Å². The number of aromatic nitrogens is 2. The van der Waals surface area contributed by atoms with Crippen molar-refractivity contribution in [3.63, 3.8) is 0 Å². The molecule has 3 aromatic rings. The molecule has 2 aromatic carbocycles. The van der Waals surface area contributed by atoms with Crippen LogP contribution in [0.2, 0.25) is 0 Å². The molecule has 0 spiro atoms. The van der Waals surface area contributed by atoms with Gasteiger partial charge in [-0.2, -0.15) is 0 Å². The van der Waals surface area contributed by atoms with Crippen molar-refractivity contribution in [1.29, 1.82) is 0 Å². The normalized spacial score (nSPS) is 11.9. The summed E-state index contributed by atoms with van der Waals surface area (Å²) >= 11 is 0. The molecular weight excluding hydrogens is 274 g/mol. The summed E-state index contributed by atoms with van der Waals surface area (Å²) < 4.78 is 0. The van der Waals surface area contributed by atoms with Gasteiger partial charge < -0.3 is 10.4 Å². The first-order chi connectivity index (χ1) is 10.7. The molecule has 0 bridgehead atoms. The number of anilines is 2. The van der Waals surface area contributed by atoms with E-state index in [2.05, 4.69) is 15.3 Å². The average molecular weight is 291 g/mol. The largest absolute Gasteiger partial charge is 0.389 e. The molecule has 22 heavy (non-hydrogen) atoms. The minimum absolute atomic E-state index is 0.466. The van der Waals surface area contributed by atoms with Crippen LogP contribution in [0.1, 0.15) is 18.6 Å². The van der Waals surface area contributed by atoms with Crippen molar-refractivity contribution < 1.29 is 5.11 Å². The van der Waals surface area contributed by atoms with Gasteiger partial charge in [0.05, 0.1) is 11.8 Å². The molecule has 0 saturated heterocycles. The SMILES string of the molecule is CC(O)c1ccc(Nc2nccc(-c3ccccc3)n2)cc1. The third-order valence-electron chi connectivity index (χ3n) is 3.37. The molecule has 0 saturated carbocycles. The van der Waals surface area contributed by atoms with Crippen LogP contribution in [0.25, 0.3) is 11.3 Å². The second-order valence-electron chi connectivity index (χ2n) is 5.05. The number of aliphatic hydroxyl groups excluding tert-OH is 1. The van der Waals surface area contributed by atoms with E-state index in [1.165, 1.54) is 0 Å². The molecule has 1 aromatic heterocycles. The van der Waals surface area contributed by atoms with Crippen molar-refractivity contribution in [2.45, 2.75) is 13.0 Å². The Labute approximate surface area is 129 Å². The summed E-state index contributed by atoms with van der Waals surface area (Å²) in [7, 11) is 0. The summed E-state index contributed by atoms with van der Waals surface area (Å²) in [4.78, 5) is 8.77. The standard InChI is InChI=1S/C18H17N3O/c1-13(22)14-7-9-16(10-8-14)20-18-19-12-11-17(21-18)15-5-3-2-4-6-15/h2-13,22H,1H3,(H,19,20,21). The summed E-state index contributed by atoms with van der Waals surface area (Å²) in [6, 6.07) is 19.4. The molecule has 0 aliphatic heterocycles. The molecule has 0 radical (unpaired) electrons. The van der Waals surface area contributed by atoms with Gasteiger partial charge in [-0.1, -0.05) is 42.5 Å². The van der Waals surface area contributed by atoms with Gasteiger partial charge in [0, 0.05) is 17.4 Å². The highest BCUT2D eigenvalue weighted by Crippen LogP contribution is 2.20. The number of hydrogen-bond donors (Lipinski definition) is 2. The zero-order valence-corrected chi connectivity index (χ0v) is 12.3. The number of aliphatic hydroxyl groups is 1. The summed E-state index contributed by atoms with van der Waals surface area (Å²) in [6.07, 6.45) is 1.27. The molecule has 4 heteroatoms. The van der Waals surface area contributed by atoms with E-state index in [0.717, 1.165) is 22.5 Å². The van der Waals surface area contributed by atoms with E-state index >= 15 is 0 Å². The molecule has 1 unspecified atom stereocenters. The molecular formula is C18H17N3O. The van der Waals surface area contributed by atoms with Crippen LogP contribution in [0, 0.1) is 0 Å². The van der Waals surface area contributed by atoms with Crippen LogP contribution in [-0.2, 0) is 0 Å². The average Bonchev–Trinajstić information content (AvgIpc) is 2.56. The van der Waals surface area contributed by atoms with Crippen LogP contribution >= 0.6 is 0 Å². The molecule has 110 valence electrons. The van der Waals surface area contributed by atoms with Gasteiger partial charge >= 0.3 is 0 Å². The first-order valence-corrected chi connectivity index (χ1v) is 7.16. The number of nitrogens with zero attached hydrogens (tertiary/aromatic N) is 2. The predicted molar refractivity (Wildman–Crippen MR) is 87.8 cm³/mol. The number of nitrogens with one attached hydrogen (secondary N) is 1. The second-order valence-corrected chi connectivity index (χ2v) is 5.05. The fourth-order valence-electron chi connectivity index (χ4n) is 2.16. The lowest BCUT2D eigenvalue weighted by atomic mass is 10.1. The number of hydrogen-bond acceptors (Lipinski definition) is 4. The second kappa shape index (κ2) is 6.37. The van der Waals surface area contributed by atoms with E-state index in [1.54, 1.807) is 13.1 Å². The summed E-state index contributed by atoms with van der Waals surface area (Å²) in [5.74, 6) is 0.547. The van der Waals surface area contributed by atoms with Crippen molar-refractivity contribution in [1.82, 2.24) is 9.97 Å². The van der Waals surface area contributed by atoms with Crippen LogP contribution in [0.4, 0.5) is 11.6 Å². The molecule has 1 atom stereocenters. The van der Waals surface area contributed by atoms with Crippen LogP contribution < -0.4 is 5.32 Å². The maximum absolute atomic E-state index is 9.52. The van der Waals surface area contributed by atoms with Gasteiger partial charge in [-0.15, -0.1) is 0 Å². The van der Waals surface area contributed by atoms with Crippen LogP contribution in [0.5, 0.6) is 0 Å². The number of rotatable bonds is 4. The number of benzene rings is 2. The lowest BCUT2D eigenvalue weighted by molar-refractivity contribution is 0.199. The monoisotopic (exact) mass is 291 g/mol. The topological polar surface area (TPSA) is 58.0 Å². The Morgan fingerprint density at radius 1 is 0.955 bits per heavy atom. The molecule has 4 nitrogen and oxygen atoms in total. The highest BCUT2D eigenvalue weighted by atomic mass is 16.3. The predicted octanol–water partition coefficient (Wildman–Crippen LogP) is 3.94. The van der Waals surface area contributed by atoms with Gasteiger partial charge in [-0.3, -0.25) is 0 Å². The van der Waals surface area contributed by atoms with E-state index in [1.807, 2.05) is 60.7 Å². The Kier molecular flexibility index (Phi) is 4.12. The van der Waals surface area contributed by atoms with Crippen molar-refractivity contribution in [3.8, 4) is 11.3 Å². The lowest BCUT2D eigenvalue weighted by Crippen LogP contribution is -1.98. The third-order valence-corrected chi connectivity index (χ3v) is 3.37. The quantitative estimate of drug-likeness (QED) is 0.764. The molecule has 3 rings (SSSR count). The molecule has 0 aliphatic carbocycles. The summed E-state index contributed by atoms with van der Waals surface area (Å²) in [5, 5.41) is 12.7. The van der Waals surface area contributed by atoms with E-state index in [0.29, 0.717) is 5.95 Å². The summed E-state index contributed by atoms with van der Waals surface area (Å²) in [5.41, 5.74) is 3.69. The van der Waals surface area contributed by atoms with E-state index in [9.17, 15) is 5.11 Å². The van der Waals surface area contributed by atoms with E-state index in [-0.39, 0.29) is 0 Å². The van der Waals surface area contributed by atoms with Crippen molar-refractivity contribution in [2.24, 2.45) is 0 Å². The zero-order valence-electron chi connectivity index (χ0n) is 12.3. The maximum Gasteiger partial charge on any atom is 0.227 e. The van der Waals surface area contributed by atoms with Gasteiger partial charge in [0.1, 0.15) is 0 Å². The first kappa shape index (κ1) is 14.2. The fraction of sp³-hybridized carbons (Fsp3) is 0.111. The van der Waals surface area contributed by atoms with Crippen LogP contribution in [-0.4, -0.2) is 15.1 Å². The highest BCUT2D eigenvalue weighted by Gasteiger charge is 2.04. The van der Waals surface area contributed by atoms with Gasteiger partial charge in [-0.25, -0.2) is 9.97 Å². The van der Waals surface area contributed by atoms with Gasteiger partial charge in [0.2, 0.25) is 5.95 Å². The van der Waals surface area contributed by atoms with Crippen molar-refractivity contribution in [2.75, 3.05) is 5.32 Å². The molecule has 0 aliphatic rings. The smallest absolute Gasteiger partial charge is 0.227 e. The Balaban J connectivity index is 1.81. The third kappa shape index (κ3) is 3.30. The lowest BCUT2D eigenvalue weighted by Gasteiger charge is -2.08. The minimum atomic E-state index is -0.466. The van der Waals surface area contributed by atoms with Crippen molar-refractivity contribution in [3.05, 3.63) is 72.4 Å². The van der Waals surface area contributed by atoms with Crippen LogP contribution in [0.15, 0.2) is 66.9 Å². The minimum Gasteiger partial charge on any atom is -0.389 e. The molecule has 1 heterocycles. The molecule has 2 N–H and O–H groups in total. The Bertz CT molecular complexity index is 740. The first-order valence-electron chi connectivity index (χ1n) is 7.16. The Hall–Kier alpha value is -2.72. The van der Waals surface area contributed by atoms with Gasteiger partial charge in [0.25, 0.3) is 0 Å². The fourth-order valence-corrected chi connectivity index (χ4v) is 2.16. The van der Waals surface area contributed by atoms with Gasteiger partial charge in [-0.05, 0) is 30.7 Å². The van der Waals surface area contributed by atoms with Gasteiger partial charge in [0.15, 0.2) is 0 Å². The zero-order chi connectivity index (χ0) is 15.4. The van der Waals surface area contributed by atoms with E-state index in [4.69, 9.17) is 0 Å². The Morgan fingerprint density at radius 2 is 1.68 bits per heavy atom. The van der Waals surface area contributed by atoms with Crippen LogP contribution in [0.3, 0.4) is 0 Å². The van der Waals surface area contributed by atoms with Crippen molar-refractivity contribution >= 4 is 11.6 Å². The maximum atomic E-state index is 9.52. The highest BCUT2D eigenvalue weighted by molar-refractivity contribution is 5.61. The summed E-state index contributed by atoms with van der Waals surface area (Å²) in [6.45, 7) is 1.74. The molecule has 0 fully saturated rings. The Morgan fingerprint density at radius 3 is 2.36 bits per heavy atom.